The van der Waals surface area contributed by atoms with Crippen LogP contribution in [0.2, 0.25) is 0 Å². The molecule has 0 bridgehead atoms. The van der Waals surface area contributed by atoms with Crippen molar-refractivity contribution in [3.05, 3.63) is 30.1 Å². The highest BCUT2D eigenvalue weighted by molar-refractivity contribution is 5.68. The Hall–Kier alpha value is -2.12. The molecule has 0 saturated carbocycles. The van der Waals surface area contributed by atoms with E-state index in [1.165, 1.54) is 0 Å². The number of rotatable bonds is 9. The van der Waals surface area contributed by atoms with Crippen LogP contribution in [0.3, 0.4) is 0 Å². The normalized spacial score (nSPS) is 15.9. The lowest BCUT2D eigenvalue weighted by atomic mass is 10.1. The maximum atomic E-state index is 11.7. The van der Waals surface area contributed by atoms with Gasteiger partial charge in [-0.2, -0.15) is 0 Å². The number of hydrogen-bond donors (Lipinski definition) is 1. The maximum absolute atomic E-state index is 11.7. The van der Waals surface area contributed by atoms with Gasteiger partial charge in [-0.1, -0.05) is 12.2 Å². The monoisotopic (exact) mass is 349 g/mol. The minimum absolute atomic E-state index is 0.0275. The molecule has 2 heterocycles. The molecule has 1 atom stereocenters. The van der Waals surface area contributed by atoms with Gasteiger partial charge in [0.2, 0.25) is 0 Å². The van der Waals surface area contributed by atoms with Gasteiger partial charge in [-0.05, 0) is 32.0 Å². The van der Waals surface area contributed by atoms with E-state index in [2.05, 4.69) is 23.3 Å². The zero-order valence-corrected chi connectivity index (χ0v) is 15.1. The number of nitrogens with one attached hydrogen (secondary N) is 1. The number of aromatic nitrogens is 1. The number of carbonyl (C=O) groups is 1. The van der Waals surface area contributed by atoms with E-state index in [9.17, 15) is 4.79 Å². The van der Waals surface area contributed by atoms with E-state index >= 15 is 0 Å². The molecule has 7 heteroatoms. The van der Waals surface area contributed by atoms with Gasteiger partial charge in [-0.15, -0.1) is 0 Å². The lowest BCUT2D eigenvalue weighted by Crippen LogP contribution is -2.56. The Balaban J connectivity index is 1.75. The van der Waals surface area contributed by atoms with E-state index in [0.29, 0.717) is 31.5 Å². The third kappa shape index (κ3) is 6.36. The lowest BCUT2D eigenvalue weighted by molar-refractivity contribution is 0.00436. The van der Waals surface area contributed by atoms with Crippen molar-refractivity contribution >= 4 is 12.2 Å². The first kappa shape index (κ1) is 19.2. The van der Waals surface area contributed by atoms with Crippen LogP contribution in [-0.2, 0) is 9.47 Å². The predicted octanol–water partition coefficient (Wildman–Crippen LogP) is 1.94. The second kappa shape index (κ2) is 10.0. The number of carbonyl (C=O) groups excluding carboxylic acids is 1. The molecule has 0 unspecified atom stereocenters. The molecule has 0 aliphatic carbocycles. The quantitative estimate of drug-likeness (QED) is 0.687. The fourth-order valence-electron chi connectivity index (χ4n) is 2.28. The summed E-state index contributed by atoms with van der Waals surface area (Å²) in [6.07, 6.45) is 8.23. The summed E-state index contributed by atoms with van der Waals surface area (Å²) in [4.78, 5) is 17.5. The second-order valence-corrected chi connectivity index (χ2v) is 6.03. The van der Waals surface area contributed by atoms with Crippen LogP contribution in [0.4, 0.5) is 4.79 Å². The molecule has 1 aliphatic heterocycles. The van der Waals surface area contributed by atoms with E-state index in [4.69, 9.17) is 14.2 Å². The lowest BCUT2D eigenvalue weighted by Gasteiger charge is -2.37. The molecule has 1 saturated heterocycles. The topological polar surface area (TPSA) is 72.9 Å². The molecule has 1 fully saturated rings. The van der Waals surface area contributed by atoms with Crippen LogP contribution in [0.15, 0.2) is 24.5 Å². The highest BCUT2D eigenvalue weighted by atomic mass is 16.6. The van der Waals surface area contributed by atoms with Crippen molar-refractivity contribution in [3.63, 3.8) is 0 Å². The molecule has 25 heavy (non-hydrogen) atoms. The zero-order valence-electron chi connectivity index (χ0n) is 15.1. The largest absolute Gasteiger partial charge is 0.485 e. The Kier molecular flexibility index (Phi) is 7.69. The number of methoxy groups -OCH3 is 1. The molecule has 1 amide bonds. The van der Waals surface area contributed by atoms with Gasteiger partial charge < -0.3 is 24.4 Å². The molecule has 0 spiro atoms. The standard InChI is InChI=1S/C18H27N3O4/c1-14(19-2)5-4-6-15-9-16(11-20-10-15)25-17-12-21(13-17)18(22)24-8-7-23-3/h4,6,9-11,14,17,19H,5,7-8,12-13H2,1-3H3/b6-4+/t14-/m0/s1. The Morgan fingerprint density at radius 3 is 2.96 bits per heavy atom. The molecule has 1 aromatic heterocycles. The number of nitrogens with zero attached hydrogens (tertiary/aromatic N) is 2. The number of likely N-dealkylation sites (tertiary alicyclic amines) is 1. The molecule has 0 radical (unpaired) electrons. The summed E-state index contributed by atoms with van der Waals surface area (Å²) in [6, 6.07) is 2.39. The maximum Gasteiger partial charge on any atom is 0.410 e. The molecule has 1 N–H and O–H groups in total. The molecule has 138 valence electrons. The molecule has 0 aromatic carbocycles. The van der Waals surface area contributed by atoms with Crippen molar-refractivity contribution < 1.29 is 19.0 Å². The van der Waals surface area contributed by atoms with E-state index in [1.54, 1.807) is 24.4 Å². The number of pyridine rings is 1. The Morgan fingerprint density at radius 2 is 2.24 bits per heavy atom. The van der Waals surface area contributed by atoms with E-state index in [0.717, 1.165) is 12.0 Å². The van der Waals surface area contributed by atoms with E-state index < -0.39 is 0 Å². The highest BCUT2D eigenvalue weighted by Crippen LogP contribution is 2.19. The van der Waals surface area contributed by atoms with E-state index in [-0.39, 0.29) is 18.8 Å². The number of ether oxygens (including phenoxy) is 3. The van der Waals surface area contributed by atoms with Gasteiger partial charge in [0.15, 0.2) is 0 Å². The SMILES string of the molecule is CN[C@@H](C)C/C=C/c1cncc(OC2CN(C(=O)OCCOC)C2)c1. The summed E-state index contributed by atoms with van der Waals surface area (Å²) < 4.78 is 15.8. The van der Waals surface area contributed by atoms with Crippen molar-refractivity contribution in [1.82, 2.24) is 15.2 Å². The van der Waals surface area contributed by atoms with Crippen LogP contribution in [0.25, 0.3) is 6.08 Å². The predicted molar refractivity (Wildman–Crippen MR) is 95.6 cm³/mol. The van der Waals surface area contributed by atoms with Gasteiger partial charge in [0.1, 0.15) is 18.5 Å². The number of hydrogen-bond acceptors (Lipinski definition) is 6. The summed E-state index contributed by atoms with van der Waals surface area (Å²) in [5.74, 6) is 0.709. The van der Waals surface area contributed by atoms with Crippen LogP contribution in [0.1, 0.15) is 18.9 Å². The highest BCUT2D eigenvalue weighted by Gasteiger charge is 2.33. The van der Waals surface area contributed by atoms with Crippen LogP contribution in [0.5, 0.6) is 5.75 Å². The van der Waals surface area contributed by atoms with Crippen LogP contribution in [0, 0.1) is 0 Å². The van der Waals surface area contributed by atoms with Crippen molar-refractivity contribution in [2.45, 2.75) is 25.5 Å². The molecule has 1 aliphatic rings. The summed E-state index contributed by atoms with van der Waals surface area (Å²) in [5.41, 5.74) is 0.996. The Bertz CT molecular complexity index is 573. The minimum atomic E-state index is -0.328. The van der Waals surface area contributed by atoms with Gasteiger partial charge in [-0.25, -0.2) is 4.79 Å². The molecule has 1 aromatic rings. The van der Waals surface area contributed by atoms with Crippen molar-refractivity contribution in [2.75, 3.05) is 40.5 Å². The average molecular weight is 349 g/mol. The van der Waals surface area contributed by atoms with Gasteiger partial charge in [-0.3, -0.25) is 4.98 Å². The van der Waals surface area contributed by atoms with E-state index in [1.807, 2.05) is 19.2 Å². The van der Waals surface area contributed by atoms with Crippen LogP contribution < -0.4 is 10.1 Å². The first-order chi connectivity index (χ1) is 12.1. The van der Waals surface area contributed by atoms with Crippen molar-refractivity contribution in [1.29, 1.82) is 0 Å². The van der Waals surface area contributed by atoms with Gasteiger partial charge in [0, 0.05) is 19.3 Å². The van der Waals surface area contributed by atoms with Crippen LogP contribution >= 0.6 is 0 Å². The third-order valence-corrected chi connectivity index (χ3v) is 3.95. The number of amides is 1. The van der Waals surface area contributed by atoms with Crippen LogP contribution in [-0.4, -0.2) is 68.6 Å². The Morgan fingerprint density at radius 1 is 1.44 bits per heavy atom. The summed E-state index contributed by atoms with van der Waals surface area (Å²) in [6.45, 7) is 3.84. The second-order valence-electron chi connectivity index (χ2n) is 6.03. The fraction of sp³-hybridized carbons (Fsp3) is 0.556. The average Bonchev–Trinajstić information content (AvgIpc) is 2.58. The Labute approximate surface area is 149 Å². The third-order valence-electron chi connectivity index (χ3n) is 3.95. The van der Waals surface area contributed by atoms with Gasteiger partial charge in [0.05, 0.1) is 25.9 Å². The molecular formula is C18H27N3O4. The summed E-state index contributed by atoms with van der Waals surface area (Å²) in [5, 5.41) is 3.19. The summed E-state index contributed by atoms with van der Waals surface area (Å²) in [7, 11) is 3.52. The molecule has 7 nitrogen and oxygen atoms in total. The molecule has 2 rings (SSSR count). The summed E-state index contributed by atoms with van der Waals surface area (Å²) >= 11 is 0. The zero-order chi connectivity index (χ0) is 18.1. The smallest absolute Gasteiger partial charge is 0.410 e. The minimum Gasteiger partial charge on any atom is -0.485 e. The first-order valence-electron chi connectivity index (χ1n) is 8.48. The fourth-order valence-corrected chi connectivity index (χ4v) is 2.28. The first-order valence-corrected chi connectivity index (χ1v) is 8.48. The van der Waals surface area contributed by atoms with Gasteiger partial charge in [0.25, 0.3) is 0 Å². The van der Waals surface area contributed by atoms with Crippen molar-refractivity contribution in [2.24, 2.45) is 0 Å². The molecular weight excluding hydrogens is 322 g/mol. The van der Waals surface area contributed by atoms with Gasteiger partial charge >= 0.3 is 6.09 Å². The van der Waals surface area contributed by atoms with Crippen molar-refractivity contribution in [3.8, 4) is 5.75 Å².